The molecule has 7 nitrogen and oxygen atoms in total. The maximum absolute atomic E-state index is 12.3. The number of carbonyl (C=O) groups excluding carboxylic acids is 1. The summed E-state index contributed by atoms with van der Waals surface area (Å²) < 4.78 is 22.6. The number of benzene rings is 1. The molecule has 0 saturated carbocycles. The molecule has 1 aromatic carbocycles. The Kier molecular flexibility index (Phi) is 5.08. The van der Waals surface area contributed by atoms with Crippen LogP contribution in [0.5, 0.6) is 5.75 Å². The van der Waals surface area contributed by atoms with Gasteiger partial charge in [0.15, 0.2) is 0 Å². The van der Waals surface area contributed by atoms with Crippen molar-refractivity contribution in [1.82, 2.24) is 15.0 Å². The predicted molar refractivity (Wildman–Crippen MR) is 93.8 cm³/mol. The third kappa shape index (κ3) is 3.53. The van der Waals surface area contributed by atoms with Gasteiger partial charge in [-0.15, -0.1) is 0 Å². The van der Waals surface area contributed by atoms with Crippen molar-refractivity contribution in [3.05, 3.63) is 36.8 Å². The molecule has 0 bridgehead atoms. The second-order valence-electron chi connectivity index (χ2n) is 5.12. The molecule has 1 unspecified atom stereocenters. The number of carbonyl (C=O) groups is 1. The topological polar surface area (TPSA) is 94.2 Å². The quantitative estimate of drug-likeness (QED) is 0.679. The van der Waals surface area contributed by atoms with Crippen molar-refractivity contribution >= 4 is 27.8 Å². The number of hydrogen-bond donors (Lipinski definition) is 1. The van der Waals surface area contributed by atoms with Crippen LogP contribution in [0, 0.1) is 0 Å². The number of methoxy groups -OCH3 is 1. The van der Waals surface area contributed by atoms with Crippen molar-refractivity contribution in [2.24, 2.45) is 0 Å². The van der Waals surface area contributed by atoms with E-state index in [1.165, 1.54) is 7.11 Å². The van der Waals surface area contributed by atoms with Gasteiger partial charge in [-0.1, -0.05) is 0 Å². The van der Waals surface area contributed by atoms with Crippen molar-refractivity contribution in [2.75, 3.05) is 19.5 Å². The van der Waals surface area contributed by atoms with Gasteiger partial charge in [0, 0.05) is 16.7 Å². The maximum atomic E-state index is 12.3. The van der Waals surface area contributed by atoms with Gasteiger partial charge in [-0.3, -0.25) is 14.0 Å². The van der Waals surface area contributed by atoms with E-state index in [9.17, 15) is 9.00 Å². The van der Waals surface area contributed by atoms with Gasteiger partial charge in [0.25, 0.3) is 0 Å². The van der Waals surface area contributed by atoms with E-state index in [0.717, 1.165) is 16.6 Å². The van der Waals surface area contributed by atoms with Gasteiger partial charge in [-0.25, -0.2) is 4.98 Å². The van der Waals surface area contributed by atoms with E-state index in [2.05, 4.69) is 15.0 Å². The van der Waals surface area contributed by atoms with Gasteiger partial charge in [0.1, 0.15) is 22.7 Å². The molecule has 1 N–H and O–H groups in total. The van der Waals surface area contributed by atoms with Gasteiger partial charge in [-0.2, -0.15) is 0 Å². The highest BCUT2D eigenvalue weighted by Gasteiger charge is 2.17. The van der Waals surface area contributed by atoms with Crippen LogP contribution < -0.4 is 4.74 Å². The number of pyridine rings is 1. The van der Waals surface area contributed by atoms with Gasteiger partial charge in [0.05, 0.1) is 36.4 Å². The molecule has 8 heteroatoms. The number of esters is 1. The zero-order valence-electron chi connectivity index (χ0n) is 13.8. The first-order chi connectivity index (χ1) is 12.1. The summed E-state index contributed by atoms with van der Waals surface area (Å²) in [6, 6.07) is 6.95. The van der Waals surface area contributed by atoms with Crippen LogP contribution in [0.1, 0.15) is 6.92 Å². The molecule has 0 fully saturated rings. The largest absolute Gasteiger partial charge is 0.496 e. The average Bonchev–Trinajstić information content (AvgIpc) is 3.10. The fourth-order valence-corrected chi connectivity index (χ4v) is 3.39. The molecule has 0 saturated heterocycles. The average molecular weight is 359 g/mol. The normalized spacial score (nSPS) is 12.1. The second kappa shape index (κ2) is 7.43. The van der Waals surface area contributed by atoms with Crippen LogP contribution in [0.15, 0.2) is 41.7 Å². The number of imidazole rings is 1. The lowest BCUT2D eigenvalue weighted by molar-refractivity contribution is -0.139. The molecule has 1 atom stereocenters. The minimum atomic E-state index is -1.51. The molecular weight excluding hydrogens is 342 g/mol. The highest BCUT2D eigenvalue weighted by molar-refractivity contribution is 7.85. The highest BCUT2D eigenvalue weighted by atomic mass is 32.2. The first kappa shape index (κ1) is 17.1. The van der Waals surface area contributed by atoms with Crippen LogP contribution in [-0.2, 0) is 20.3 Å². The fraction of sp³-hybridized carbons (Fsp3) is 0.235. The lowest BCUT2D eigenvalue weighted by atomic mass is 10.1. The fourth-order valence-electron chi connectivity index (χ4n) is 2.47. The number of ether oxygens (including phenoxy) is 2. The number of fused-ring (bicyclic) bond motifs is 1. The summed E-state index contributed by atoms with van der Waals surface area (Å²) in [7, 11) is 0.0217. The van der Waals surface area contributed by atoms with E-state index < -0.39 is 16.8 Å². The Morgan fingerprint density at radius 3 is 2.88 bits per heavy atom. The summed E-state index contributed by atoms with van der Waals surface area (Å²) in [6.07, 6.45) is 3.28. The minimum absolute atomic E-state index is 0.191. The molecule has 0 aliphatic carbocycles. The summed E-state index contributed by atoms with van der Waals surface area (Å²) in [5.41, 5.74) is 2.98. The number of hydrogen-bond acceptors (Lipinski definition) is 6. The van der Waals surface area contributed by atoms with Gasteiger partial charge < -0.3 is 14.5 Å². The third-order valence-corrected chi connectivity index (χ3v) is 4.86. The molecule has 3 rings (SSSR count). The molecule has 130 valence electrons. The molecule has 3 aromatic rings. The molecule has 0 amide bonds. The number of aromatic amines is 1. The van der Waals surface area contributed by atoms with Crippen LogP contribution in [0.2, 0.25) is 0 Å². The molecule has 2 aromatic heterocycles. The van der Waals surface area contributed by atoms with E-state index in [-0.39, 0.29) is 12.4 Å². The minimum Gasteiger partial charge on any atom is -0.496 e. The van der Waals surface area contributed by atoms with Crippen LogP contribution in [-0.4, -0.2) is 44.6 Å². The standard InChI is InChI=1S/C17H17N3O4S/c1-3-24-15(21)9-25(22)11-4-5-12(14(8-11)23-2)16-17-13(6-7-18-16)19-10-20-17/h4-8,10H,3,9H2,1-2H3,(H,19,20). The van der Waals surface area contributed by atoms with Crippen molar-refractivity contribution in [3.63, 3.8) is 0 Å². The highest BCUT2D eigenvalue weighted by Crippen LogP contribution is 2.33. The van der Waals surface area contributed by atoms with Crippen molar-refractivity contribution in [3.8, 4) is 17.0 Å². The van der Waals surface area contributed by atoms with Gasteiger partial charge in [0.2, 0.25) is 0 Å². The zero-order valence-corrected chi connectivity index (χ0v) is 14.6. The number of aromatic nitrogens is 3. The maximum Gasteiger partial charge on any atom is 0.318 e. The van der Waals surface area contributed by atoms with Crippen LogP contribution >= 0.6 is 0 Å². The zero-order chi connectivity index (χ0) is 17.8. The Balaban J connectivity index is 1.96. The summed E-state index contributed by atoms with van der Waals surface area (Å²) in [5.74, 6) is -0.173. The molecule has 0 spiro atoms. The molecule has 0 aliphatic rings. The smallest absolute Gasteiger partial charge is 0.318 e. The Bertz CT molecular complexity index is 939. The van der Waals surface area contributed by atoms with E-state index in [0.29, 0.717) is 16.3 Å². The third-order valence-electron chi connectivity index (χ3n) is 3.58. The Hall–Kier alpha value is -2.74. The van der Waals surface area contributed by atoms with Gasteiger partial charge in [-0.05, 0) is 31.2 Å². The Morgan fingerprint density at radius 1 is 1.28 bits per heavy atom. The van der Waals surface area contributed by atoms with E-state index in [1.54, 1.807) is 37.6 Å². The molecule has 0 radical (unpaired) electrons. The van der Waals surface area contributed by atoms with Crippen molar-refractivity contribution in [1.29, 1.82) is 0 Å². The lowest BCUT2D eigenvalue weighted by Gasteiger charge is -2.10. The summed E-state index contributed by atoms with van der Waals surface area (Å²) >= 11 is 0. The predicted octanol–water partition coefficient (Wildman–Crippen LogP) is 2.30. The number of nitrogens with one attached hydrogen (secondary N) is 1. The van der Waals surface area contributed by atoms with E-state index in [1.807, 2.05) is 6.07 Å². The first-order valence-electron chi connectivity index (χ1n) is 7.64. The van der Waals surface area contributed by atoms with Gasteiger partial charge >= 0.3 is 5.97 Å². The first-order valence-corrected chi connectivity index (χ1v) is 8.96. The molecular formula is C17H17N3O4S. The van der Waals surface area contributed by atoms with Crippen molar-refractivity contribution in [2.45, 2.75) is 11.8 Å². The van der Waals surface area contributed by atoms with Crippen LogP contribution in [0.25, 0.3) is 22.3 Å². The monoisotopic (exact) mass is 359 g/mol. The second-order valence-corrected chi connectivity index (χ2v) is 6.57. The lowest BCUT2D eigenvalue weighted by Crippen LogP contribution is -2.14. The summed E-state index contributed by atoms with van der Waals surface area (Å²) in [6.45, 7) is 1.97. The number of H-pyrrole nitrogens is 1. The molecule has 25 heavy (non-hydrogen) atoms. The number of nitrogens with zero attached hydrogens (tertiary/aromatic N) is 2. The van der Waals surface area contributed by atoms with E-state index in [4.69, 9.17) is 9.47 Å². The molecule has 0 aliphatic heterocycles. The summed E-state index contributed by atoms with van der Waals surface area (Å²) in [4.78, 5) is 23.7. The van der Waals surface area contributed by atoms with Crippen LogP contribution in [0.3, 0.4) is 0 Å². The van der Waals surface area contributed by atoms with Crippen LogP contribution in [0.4, 0.5) is 0 Å². The molecule has 2 heterocycles. The Morgan fingerprint density at radius 2 is 2.12 bits per heavy atom. The SMILES string of the molecule is CCOC(=O)CS(=O)c1ccc(-c2nccc3[nH]cnc23)c(OC)c1. The van der Waals surface area contributed by atoms with E-state index >= 15 is 0 Å². The summed E-state index contributed by atoms with van der Waals surface area (Å²) in [5, 5.41) is 0. The number of rotatable bonds is 6. The Labute approximate surface area is 146 Å². The van der Waals surface area contributed by atoms with Crippen molar-refractivity contribution < 1.29 is 18.5 Å².